The Kier molecular flexibility index (Phi) is 4.35. The highest BCUT2D eigenvalue weighted by atomic mass is 16.5. The molecule has 0 heterocycles. The van der Waals surface area contributed by atoms with Crippen molar-refractivity contribution in [2.24, 2.45) is 0 Å². The standard InChI is InChI=1S/C13H18O3/c1-5-6-16-11-7-9(2)12(10(3)8-11)13(14)15-4/h7-8H,5-6H2,1-4H3. The fourth-order valence-corrected chi connectivity index (χ4v) is 1.65. The van der Waals surface area contributed by atoms with E-state index in [1.54, 1.807) is 0 Å². The van der Waals surface area contributed by atoms with E-state index in [0.29, 0.717) is 12.2 Å². The lowest BCUT2D eigenvalue weighted by molar-refractivity contribution is 0.0599. The Morgan fingerprint density at radius 3 is 2.25 bits per heavy atom. The SMILES string of the molecule is CCCOc1cc(C)c(C(=O)OC)c(C)c1. The summed E-state index contributed by atoms with van der Waals surface area (Å²) in [6.07, 6.45) is 0.969. The molecule has 1 aromatic rings. The van der Waals surface area contributed by atoms with Crippen LogP contribution in [-0.2, 0) is 4.74 Å². The zero-order chi connectivity index (χ0) is 12.1. The molecular weight excluding hydrogens is 204 g/mol. The maximum atomic E-state index is 11.5. The summed E-state index contributed by atoms with van der Waals surface area (Å²) in [5, 5.41) is 0. The van der Waals surface area contributed by atoms with Gasteiger partial charge in [-0.2, -0.15) is 0 Å². The third-order valence-electron chi connectivity index (χ3n) is 2.37. The second-order valence-electron chi connectivity index (χ2n) is 3.77. The molecule has 1 rings (SSSR count). The lowest BCUT2D eigenvalue weighted by Crippen LogP contribution is -2.07. The molecule has 0 saturated heterocycles. The summed E-state index contributed by atoms with van der Waals surface area (Å²) in [5.41, 5.74) is 2.40. The van der Waals surface area contributed by atoms with Gasteiger partial charge in [0.05, 0.1) is 19.3 Å². The number of benzene rings is 1. The van der Waals surface area contributed by atoms with Gasteiger partial charge in [0.25, 0.3) is 0 Å². The smallest absolute Gasteiger partial charge is 0.338 e. The van der Waals surface area contributed by atoms with E-state index in [4.69, 9.17) is 9.47 Å². The van der Waals surface area contributed by atoms with E-state index in [0.717, 1.165) is 23.3 Å². The molecule has 0 bridgehead atoms. The van der Waals surface area contributed by atoms with Crippen molar-refractivity contribution in [3.05, 3.63) is 28.8 Å². The minimum atomic E-state index is -0.294. The fraction of sp³-hybridized carbons (Fsp3) is 0.462. The van der Waals surface area contributed by atoms with Crippen LogP contribution < -0.4 is 4.74 Å². The van der Waals surface area contributed by atoms with Crippen LogP contribution in [0.5, 0.6) is 5.75 Å². The lowest BCUT2D eigenvalue weighted by Gasteiger charge is -2.11. The van der Waals surface area contributed by atoms with Crippen molar-refractivity contribution in [3.8, 4) is 5.75 Å². The number of hydrogen-bond acceptors (Lipinski definition) is 3. The number of esters is 1. The molecule has 0 atom stereocenters. The molecule has 0 spiro atoms. The van der Waals surface area contributed by atoms with Gasteiger partial charge < -0.3 is 9.47 Å². The Balaban J connectivity index is 3.02. The zero-order valence-electron chi connectivity index (χ0n) is 10.3. The van der Waals surface area contributed by atoms with E-state index in [2.05, 4.69) is 6.92 Å². The van der Waals surface area contributed by atoms with Gasteiger partial charge in [0, 0.05) is 0 Å². The Hall–Kier alpha value is -1.51. The van der Waals surface area contributed by atoms with Gasteiger partial charge in [-0.15, -0.1) is 0 Å². The van der Waals surface area contributed by atoms with Crippen molar-refractivity contribution in [1.29, 1.82) is 0 Å². The number of aryl methyl sites for hydroxylation is 2. The molecule has 88 valence electrons. The molecule has 0 N–H and O–H groups in total. The largest absolute Gasteiger partial charge is 0.494 e. The highest BCUT2D eigenvalue weighted by Gasteiger charge is 2.13. The summed E-state index contributed by atoms with van der Waals surface area (Å²) < 4.78 is 10.3. The summed E-state index contributed by atoms with van der Waals surface area (Å²) >= 11 is 0. The van der Waals surface area contributed by atoms with Gasteiger partial charge >= 0.3 is 5.97 Å². The van der Waals surface area contributed by atoms with E-state index < -0.39 is 0 Å². The summed E-state index contributed by atoms with van der Waals surface area (Å²) in [6.45, 7) is 6.52. The number of methoxy groups -OCH3 is 1. The van der Waals surface area contributed by atoms with E-state index in [9.17, 15) is 4.79 Å². The molecule has 3 nitrogen and oxygen atoms in total. The van der Waals surface area contributed by atoms with Crippen LogP contribution in [0, 0.1) is 13.8 Å². The zero-order valence-corrected chi connectivity index (χ0v) is 10.3. The third-order valence-corrected chi connectivity index (χ3v) is 2.37. The molecule has 0 saturated carbocycles. The molecule has 0 fully saturated rings. The van der Waals surface area contributed by atoms with Crippen LogP contribution in [0.3, 0.4) is 0 Å². The van der Waals surface area contributed by atoms with Crippen molar-refractivity contribution in [2.75, 3.05) is 13.7 Å². The van der Waals surface area contributed by atoms with E-state index in [-0.39, 0.29) is 5.97 Å². The first kappa shape index (κ1) is 12.6. The molecule has 0 aliphatic carbocycles. The molecule has 0 aliphatic rings. The van der Waals surface area contributed by atoms with Gasteiger partial charge in [-0.3, -0.25) is 0 Å². The van der Waals surface area contributed by atoms with Crippen LogP contribution in [0.1, 0.15) is 34.8 Å². The van der Waals surface area contributed by atoms with Crippen LogP contribution in [0.2, 0.25) is 0 Å². The Morgan fingerprint density at radius 2 is 1.81 bits per heavy atom. The van der Waals surface area contributed by atoms with Gasteiger partial charge in [0.1, 0.15) is 5.75 Å². The van der Waals surface area contributed by atoms with Gasteiger partial charge in [-0.25, -0.2) is 4.79 Å². The van der Waals surface area contributed by atoms with Crippen molar-refractivity contribution in [2.45, 2.75) is 27.2 Å². The third kappa shape index (κ3) is 2.75. The number of ether oxygens (including phenoxy) is 2. The Bertz CT molecular complexity index is 360. The maximum absolute atomic E-state index is 11.5. The second-order valence-corrected chi connectivity index (χ2v) is 3.77. The molecule has 0 aromatic heterocycles. The first-order valence-corrected chi connectivity index (χ1v) is 5.42. The van der Waals surface area contributed by atoms with Gasteiger partial charge in [-0.05, 0) is 43.5 Å². The van der Waals surface area contributed by atoms with E-state index in [1.807, 2.05) is 26.0 Å². The number of carbonyl (C=O) groups excluding carboxylic acids is 1. The minimum Gasteiger partial charge on any atom is -0.494 e. The summed E-state index contributed by atoms with van der Waals surface area (Å²) in [4.78, 5) is 11.5. The molecule has 0 aliphatic heterocycles. The van der Waals surface area contributed by atoms with Crippen LogP contribution in [0.15, 0.2) is 12.1 Å². The predicted molar refractivity (Wildman–Crippen MR) is 63.0 cm³/mol. The van der Waals surface area contributed by atoms with Gasteiger partial charge in [0.2, 0.25) is 0 Å². The van der Waals surface area contributed by atoms with E-state index >= 15 is 0 Å². The summed E-state index contributed by atoms with van der Waals surface area (Å²) in [5.74, 6) is 0.515. The van der Waals surface area contributed by atoms with Crippen molar-refractivity contribution in [1.82, 2.24) is 0 Å². The number of carbonyl (C=O) groups is 1. The minimum absolute atomic E-state index is 0.294. The average molecular weight is 222 g/mol. The van der Waals surface area contributed by atoms with Crippen molar-refractivity contribution < 1.29 is 14.3 Å². The molecule has 0 unspecified atom stereocenters. The highest BCUT2D eigenvalue weighted by molar-refractivity contribution is 5.92. The first-order chi connectivity index (χ1) is 7.60. The van der Waals surface area contributed by atoms with Crippen LogP contribution in [0.4, 0.5) is 0 Å². The molecule has 1 aromatic carbocycles. The first-order valence-electron chi connectivity index (χ1n) is 5.42. The van der Waals surface area contributed by atoms with Crippen molar-refractivity contribution >= 4 is 5.97 Å². The Labute approximate surface area is 96.4 Å². The van der Waals surface area contributed by atoms with Crippen LogP contribution in [0.25, 0.3) is 0 Å². The highest BCUT2D eigenvalue weighted by Crippen LogP contribution is 2.22. The molecule has 0 amide bonds. The Morgan fingerprint density at radius 1 is 1.25 bits per heavy atom. The van der Waals surface area contributed by atoms with Crippen LogP contribution >= 0.6 is 0 Å². The molecule has 16 heavy (non-hydrogen) atoms. The van der Waals surface area contributed by atoms with Crippen LogP contribution in [-0.4, -0.2) is 19.7 Å². The van der Waals surface area contributed by atoms with Gasteiger partial charge in [0.15, 0.2) is 0 Å². The second kappa shape index (κ2) is 5.54. The summed E-state index contributed by atoms with van der Waals surface area (Å²) in [6, 6.07) is 3.74. The van der Waals surface area contributed by atoms with Gasteiger partial charge in [-0.1, -0.05) is 6.92 Å². The maximum Gasteiger partial charge on any atom is 0.338 e. The topological polar surface area (TPSA) is 35.5 Å². The fourth-order valence-electron chi connectivity index (χ4n) is 1.65. The molecular formula is C13H18O3. The molecule has 3 heteroatoms. The average Bonchev–Trinajstić information content (AvgIpc) is 2.25. The number of hydrogen-bond donors (Lipinski definition) is 0. The van der Waals surface area contributed by atoms with Crippen molar-refractivity contribution in [3.63, 3.8) is 0 Å². The predicted octanol–water partition coefficient (Wildman–Crippen LogP) is 2.88. The monoisotopic (exact) mass is 222 g/mol. The van der Waals surface area contributed by atoms with E-state index in [1.165, 1.54) is 7.11 Å². The number of rotatable bonds is 4. The quantitative estimate of drug-likeness (QED) is 0.735. The molecule has 0 radical (unpaired) electrons. The summed E-state index contributed by atoms with van der Waals surface area (Å²) in [7, 11) is 1.39. The normalized spacial score (nSPS) is 10.0. The lowest BCUT2D eigenvalue weighted by atomic mass is 10.0.